The predicted molar refractivity (Wildman–Crippen MR) is 126 cm³/mol. The van der Waals surface area contributed by atoms with Crippen LogP contribution in [0, 0.1) is 5.92 Å². The van der Waals surface area contributed by atoms with Gasteiger partial charge in [-0.05, 0) is 43.2 Å². The average molecular weight is 449 g/mol. The minimum atomic E-state index is 0.0504. The number of rotatable bonds is 6. The van der Waals surface area contributed by atoms with Crippen LogP contribution in [0.5, 0.6) is 11.5 Å². The molecule has 0 aliphatic heterocycles. The molecule has 0 bridgehead atoms. The second kappa shape index (κ2) is 8.05. The van der Waals surface area contributed by atoms with Crippen LogP contribution < -0.4 is 21.1 Å². The molecule has 4 aromatic rings. The number of hydrogen-bond acceptors (Lipinski definition) is 6. The number of nitrogens with two attached hydrogens (primary N) is 1. The summed E-state index contributed by atoms with van der Waals surface area (Å²) < 4.78 is 7.77. The van der Waals surface area contributed by atoms with Crippen LogP contribution in [0.1, 0.15) is 12.8 Å². The highest BCUT2D eigenvalue weighted by Crippen LogP contribution is 2.35. The van der Waals surface area contributed by atoms with Gasteiger partial charge in [0.2, 0.25) is 5.91 Å². The van der Waals surface area contributed by atoms with E-state index in [1.807, 2.05) is 35.9 Å². The lowest BCUT2D eigenvalue weighted by Crippen LogP contribution is -2.13. The molecule has 0 spiro atoms. The molecule has 0 radical (unpaired) electrons. The third-order valence-corrected chi connectivity index (χ3v) is 5.63. The fraction of sp³-hybridized carbons (Fsp3) is 0.174. The molecule has 0 atom stereocenters. The van der Waals surface area contributed by atoms with Gasteiger partial charge in [0.15, 0.2) is 5.82 Å². The molecule has 1 aliphatic rings. The number of halogens is 1. The van der Waals surface area contributed by atoms with Crippen molar-refractivity contribution in [2.75, 3.05) is 16.4 Å². The SMILES string of the molecule is Cn1c(N)cc2ncnc(Nc3ccc(Oc4cccc(NC(=O)C5CC5)c4)c(Cl)c3)c21. The van der Waals surface area contributed by atoms with Crippen molar-refractivity contribution in [3.05, 3.63) is 59.9 Å². The Bertz CT molecular complexity index is 1330. The smallest absolute Gasteiger partial charge is 0.227 e. The molecule has 2 aromatic heterocycles. The highest BCUT2D eigenvalue weighted by Gasteiger charge is 2.29. The molecule has 1 saturated carbocycles. The van der Waals surface area contributed by atoms with E-state index < -0.39 is 0 Å². The minimum Gasteiger partial charge on any atom is -0.456 e. The minimum absolute atomic E-state index is 0.0504. The average Bonchev–Trinajstić information content (AvgIpc) is 3.57. The number of nitrogen functional groups attached to an aromatic ring is 1. The van der Waals surface area contributed by atoms with E-state index in [0.717, 1.165) is 29.6 Å². The van der Waals surface area contributed by atoms with Crippen molar-refractivity contribution < 1.29 is 9.53 Å². The van der Waals surface area contributed by atoms with E-state index in [4.69, 9.17) is 22.1 Å². The lowest BCUT2D eigenvalue weighted by molar-refractivity contribution is -0.117. The fourth-order valence-electron chi connectivity index (χ4n) is 3.44. The predicted octanol–water partition coefficient (Wildman–Crippen LogP) is 5.09. The maximum atomic E-state index is 12.0. The van der Waals surface area contributed by atoms with Crippen LogP contribution in [0.15, 0.2) is 54.9 Å². The molecule has 1 amide bonds. The van der Waals surface area contributed by atoms with Gasteiger partial charge in [-0.15, -0.1) is 0 Å². The maximum Gasteiger partial charge on any atom is 0.227 e. The molecular formula is C23H21ClN6O2. The van der Waals surface area contributed by atoms with Crippen LogP contribution in [0.4, 0.5) is 23.0 Å². The van der Waals surface area contributed by atoms with E-state index in [1.165, 1.54) is 6.33 Å². The van der Waals surface area contributed by atoms with E-state index >= 15 is 0 Å². The Labute approximate surface area is 189 Å². The van der Waals surface area contributed by atoms with Gasteiger partial charge in [0.05, 0.1) is 10.5 Å². The zero-order valence-corrected chi connectivity index (χ0v) is 18.1. The number of ether oxygens (including phenoxy) is 1. The van der Waals surface area contributed by atoms with Gasteiger partial charge in [0, 0.05) is 36.5 Å². The van der Waals surface area contributed by atoms with Gasteiger partial charge in [0.1, 0.15) is 29.2 Å². The Morgan fingerprint density at radius 1 is 1.16 bits per heavy atom. The van der Waals surface area contributed by atoms with Crippen molar-refractivity contribution in [2.24, 2.45) is 13.0 Å². The van der Waals surface area contributed by atoms with E-state index in [2.05, 4.69) is 20.6 Å². The van der Waals surface area contributed by atoms with Gasteiger partial charge in [-0.3, -0.25) is 4.79 Å². The number of amides is 1. The number of carbonyl (C=O) groups is 1. The molecule has 0 unspecified atom stereocenters. The topological polar surface area (TPSA) is 107 Å². The lowest BCUT2D eigenvalue weighted by atomic mass is 10.2. The van der Waals surface area contributed by atoms with Crippen LogP contribution in [-0.4, -0.2) is 20.4 Å². The fourth-order valence-corrected chi connectivity index (χ4v) is 3.66. The zero-order chi connectivity index (χ0) is 22.2. The Kier molecular flexibility index (Phi) is 5.07. The van der Waals surface area contributed by atoms with Crippen LogP contribution in [0.25, 0.3) is 11.0 Å². The summed E-state index contributed by atoms with van der Waals surface area (Å²) in [5, 5.41) is 6.61. The monoisotopic (exact) mass is 448 g/mol. The van der Waals surface area contributed by atoms with Gasteiger partial charge >= 0.3 is 0 Å². The summed E-state index contributed by atoms with van der Waals surface area (Å²) in [6.45, 7) is 0. The number of nitrogens with zero attached hydrogens (tertiary/aromatic N) is 3. The molecule has 1 fully saturated rings. The standard InChI is InChI=1S/C23H21ClN6O2/c1-30-20(25)11-18-21(30)22(27-12-26-18)28-15-7-8-19(17(24)10-15)32-16-4-2-3-14(9-16)29-23(31)13-5-6-13/h2-4,7-13H,5-6,25H2,1H3,(H,29,31)(H,26,27,28). The van der Waals surface area contributed by atoms with E-state index in [9.17, 15) is 4.79 Å². The largest absolute Gasteiger partial charge is 0.456 e. The summed E-state index contributed by atoms with van der Waals surface area (Å²) in [4.78, 5) is 20.6. The Morgan fingerprint density at radius 2 is 2.00 bits per heavy atom. The van der Waals surface area contributed by atoms with Gasteiger partial charge in [-0.1, -0.05) is 17.7 Å². The maximum absolute atomic E-state index is 12.0. The number of nitrogens with one attached hydrogen (secondary N) is 2. The third kappa shape index (κ3) is 4.04. The normalized spacial score (nSPS) is 13.2. The van der Waals surface area contributed by atoms with Gasteiger partial charge in [-0.2, -0.15) is 0 Å². The number of benzene rings is 2. The molecule has 32 heavy (non-hydrogen) atoms. The van der Waals surface area contributed by atoms with Crippen molar-refractivity contribution in [3.63, 3.8) is 0 Å². The zero-order valence-electron chi connectivity index (χ0n) is 17.3. The van der Waals surface area contributed by atoms with Crippen LogP contribution in [0.2, 0.25) is 5.02 Å². The molecule has 2 heterocycles. The van der Waals surface area contributed by atoms with Crippen molar-refractivity contribution in [1.82, 2.24) is 14.5 Å². The lowest BCUT2D eigenvalue weighted by Gasteiger charge is -2.12. The molecule has 9 heteroatoms. The van der Waals surface area contributed by atoms with Crippen LogP contribution in [-0.2, 0) is 11.8 Å². The molecule has 2 aromatic carbocycles. The first-order valence-corrected chi connectivity index (χ1v) is 10.6. The van der Waals surface area contributed by atoms with Crippen LogP contribution in [0.3, 0.4) is 0 Å². The first-order valence-electron chi connectivity index (χ1n) is 10.2. The highest BCUT2D eigenvalue weighted by atomic mass is 35.5. The summed E-state index contributed by atoms with van der Waals surface area (Å²) >= 11 is 6.48. The summed E-state index contributed by atoms with van der Waals surface area (Å²) in [5.74, 6) is 2.49. The molecular weight excluding hydrogens is 428 g/mol. The van der Waals surface area contributed by atoms with Crippen molar-refractivity contribution in [1.29, 1.82) is 0 Å². The van der Waals surface area contributed by atoms with Crippen molar-refractivity contribution in [3.8, 4) is 11.5 Å². The Morgan fingerprint density at radius 3 is 2.78 bits per heavy atom. The van der Waals surface area contributed by atoms with Crippen LogP contribution >= 0.6 is 11.6 Å². The summed E-state index contributed by atoms with van der Waals surface area (Å²) in [6, 6.07) is 14.4. The number of aryl methyl sites for hydroxylation is 1. The molecule has 0 saturated heterocycles. The molecule has 5 rings (SSSR count). The van der Waals surface area contributed by atoms with Gasteiger partial charge in [-0.25, -0.2) is 9.97 Å². The van der Waals surface area contributed by atoms with E-state index in [1.54, 1.807) is 24.3 Å². The number of fused-ring (bicyclic) bond motifs is 1. The Hall–Kier alpha value is -3.78. The second-order valence-corrected chi connectivity index (χ2v) is 8.16. The van der Waals surface area contributed by atoms with Gasteiger partial charge < -0.3 is 25.7 Å². The van der Waals surface area contributed by atoms with E-state index in [0.29, 0.717) is 33.8 Å². The summed E-state index contributed by atoms with van der Waals surface area (Å²) in [7, 11) is 1.86. The summed E-state index contributed by atoms with van der Waals surface area (Å²) in [6.07, 6.45) is 3.39. The first-order chi connectivity index (χ1) is 15.5. The van der Waals surface area contributed by atoms with E-state index in [-0.39, 0.29) is 11.8 Å². The quantitative estimate of drug-likeness (QED) is 0.379. The molecule has 8 nitrogen and oxygen atoms in total. The molecule has 4 N–H and O–H groups in total. The van der Waals surface area contributed by atoms with Crippen molar-refractivity contribution >= 4 is 51.6 Å². The second-order valence-electron chi connectivity index (χ2n) is 7.75. The third-order valence-electron chi connectivity index (χ3n) is 5.33. The Balaban J connectivity index is 1.34. The molecule has 1 aliphatic carbocycles. The number of anilines is 4. The number of aromatic nitrogens is 3. The highest BCUT2D eigenvalue weighted by molar-refractivity contribution is 6.32. The number of hydrogen-bond donors (Lipinski definition) is 3. The molecule has 162 valence electrons. The van der Waals surface area contributed by atoms with Crippen molar-refractivity contribution in [2.45, 2.75) is 12.8 Å². The summed E-state index contributed by atoms with van der Waals surface area (Å²) in [5.41, 5.74) is 8.98. The first kappa shape index (κ1) is 20.1. The van der Waals surface area contributed by atoms with Gasteiger partial charge in [0.25, 0.3) is 0 Å². The number of carbonyl (C=O) groups excluding carboxylic acids is 1.